The van der Waals surface area contributed by atoms with Crippen molar-refractivity contribution in [3.63, 3.8) is 0 Å². The van der Waals surface area contributed by atoms with E-state index in [9.17, 15) is 4.79 Å². The van der Waals surface area contributed by atoms with E-state index in [0.717, 1.165) is 47.5 Å². The summed E-state index contributed by atoms with van der Waals surface area (Å²) in [5.41, 5.74) is 0.889. The smallest absolute Gasteiger partial charge is 0.264 e. The Morgan fingerprint density at radius 3 is 2.50 bits per heavy atom. The van der Waals surface area contributed by atoms with Crippen LogP contribution in [0.5, 0.6) is 0 Å². The molecule has 0 bridgehead atoms. The highest BCUT2D eigenvalue weighted by Gasteiger charge is 2.28. The highest BCUT2D eigenvalue weighted by Crippen LogP contribution is 2.29. The standard InChI is InChI=1S/C23H26N4O2S/c28-23(27-15-13-26(14-16-27)18-9-5-2-6-10-18)20-12-11-19(30-20)21-24-22(29-25-21)17-7-3-1-4-8-17/h1,3-4,7-8,11-12,18H,2,5-6,9-10,13-16H2. The number of nitrogens with zero attached hydrogens (tertiary/aromatic N) is 4. The molecular weight excluding hydrogens is 396 g/mol. The Hall–Kier alpha value is -2.51. The fourth-order valence-corrected chi connectivity index (χ4v) is 5.39. The predicted octanol–water partition coefficient (Wildman–Crippen LogP) is 4.56. The van der Waals surface area contributed by atoms with Crippen molar-refractivity contribution in [2.45, 2.75) is 38.1 Å². The first kappa shape index (κ1) is 19.5. The molecule has 2 aliphatic rings. The maximum Gasteiger partial charge on any atom is 0.264 e. The maximum atomic E-state index is 13.0. The van der Waals surface area contributed by atoms with Gasteiger partial charge in [0.05, 0.1) is 9.75 Å². The summed E-state index contributed by atoms with van der Waals surface area (Å²) in [6.45, 7) is 3.59. The minimum Gasteiger partial charge on any atom is -0.335 e. The van der Waals surface area contributed by atoms with Crippen molar-refractivity contribution < 1.29 is 9.32 Å². The van der Waals surface area contributed by atoms with E-state index in [2.05, 4.69) is 15.0 Å². The zero-order valence-electron chi connectivity index (χ0n) is 17.0. The Balaban J connectivity index is 1.23. The fourth-order valence-electron chi connectivity index (χ4n) is 4.49. The third-order valence-corrected chi connectivity index (χ3v) is 7.25. The molecule has 0 N–H and O–H groups in total. The Morgan fingerprint density at radius 2 is 1.73 bits per heavy atom. The number of hydrogen-bond acceptors (Lipinski definition) is 6. The van der Waals surface area contributed by atoms with Crippen LogP contribution in [0.15, 0.2) is 47.0 Å². The normalized spacial score (nSPS) is 18.6. The van der Waals surface area contributed by atoms with E-state index in [1.165, 1.54) is 43.4 Å². The second-order valence-electron chi connectivity index (χ2n) is 8.07. The number of aromatic nitrogens is 2. The van der Waals surface area contributed by atoms with Crippen molar-refractivity contribution in [3.8, 4) is 22.2 Å². The van der Waals surface area contributed by atoms with E-state index >= 15 is 0 Å². The van der Waals surface area contributed by atoms with Gasteiger partial charge in [-0.1, -0.05) is 42.6 Å². The first-order chi connectivity index (χ1) is 14.8. The fraction of sp³-hybridized carbons (Fsp3) is 0.435. The number of amides is 1. The second kappa shape index (κ2) is 8.70. The first-order valence-corrected chi connectivity index (χ1v) is 11.6. The second-order valence-corrected chi connectivity index (χ2v) is 9.16. The molecule has 0 radical (unpaired) electrons. The predicted molar refractivity (Wildman–Crippen MR) is 117 cm³/mol. The topological polar surface area (TPSA) is 62.5 Å². The summed E-state index contributed by atoms with van der Waals surface area (Å²) in [4.78, 5) is 23.7. The van der Waals surface area contributed by atoms with Gasteiger partial charge in [-0.25, -0.2) is 0 Å². The molecule has 1 aliphatic carbocycles. The summed E-state index contributed by atoms with van der Waals surface area (Å²) in [6, 6.07) is 14.2. The Labute approximate surface area is 180 Å². The van der Waals surface area contributed by atoms with Crippen LogP contribution in [0.25, 0.3) is 22.2 Å². The third-order valence-electron chi connectivity index (χ3n) is 6.18. The van der Waals surface area contributed by atoms with Crippen molar-refractivity contribution >= 4 is 17.2 Å². The summed E-state index contributed by atoms with van der Waals surface area (Å²) in [5, 5.41) is 4.10. The lowest BCUT2D eigenvalue weighted by Crippen LogP contribution is -2.52. The van der Waals surface area contributed by atoms with Gasteiger partial charge in [-0.05, 0) is 37.1 Å². The summed E-state index contributed by atoms with van der Waals surface area (Å²) >= 11 is 1.44. The SMILES string of the molecule is O=C(c1ccc(-c2noc(-c3ccccc3)n2)s1)N1CCN(C2CCCCC2)CC1. The van der Waals surface area contributed by atoms with Crippen LogP contribution in [0.4, 0.5) is 0 Å². The van der Waals surface area contributed by atoms with Crippen molar-refractivity contribution in [3.05, 3.63) is 47.3 Å². The lowest BCUT2D eigenvalue weighted by Gasteiger charge is -2.40. The number of carbonyl (C=O) groups is 1. The number of piperazine rings is 1. The molecule has 0 spiro atoms. The molecule has 3 aromatic rings. The third kappa shape index (κ3) is 4.04. The maximum absolute atomic E-state index is 13.0. The quantitative estimate of drug-likeness (QED) is 0.617. The average molecular weight is 423 g/mol. The number of thiophene rings is 1. The van der Waals surface area contributed by atoms with Gasteiger partial charge in [0.25, 0.3) is 11.8 Å². The van der Waals surface area contributed by atoms with Gasteiger partial charge in [0.1, 0.15) is 0 Å². The van der Waals surface area contributed by atoms with E-state index in [1.807, 2.05) is 47.4 Å². The molecule has 30 heavy (non-hydrogen) atoms. The molecule has 1 aliphatic heterocycles. The van der Waals surface area contributed by atoms with Crippen molar-refractivity contribution in [2.24, 2.45) is 0 Å². The molecule has 1 saturated heterocycles. The minimum atomic E-state index is 0.112. The molecule has 156 valence electrons. The molecule has 1 aromatic carbocycles. The molecule has 1 amide bonds. The van der Waals surface area contributed by atoms with Gasteiger partial charge in [-0.2, -0.15) is 4.98 Å². The summed E-state index contributed by atoms with van der Waals surface area (Å²) in [7, 11) is 0. The van der Waals surface area contributed by atoms with Crippen LogP contribution in [0.3, 0.4) is 0 Å². The minimum absolute atomic E-state index is 0.112. The Morgan fingerprint density at radius 1 is 0.967 bits per heavy atom. The highest BCUT2D eigenvalue weighted by molar-refractivity contribution is 7.17. The lowest BCUT2D eigenvalue weighted by atomic mass is 9.94. The van der Waals surface area contributed by atoms with E-state index in [1.54, 1.807) is 0 Å². The number of benzene rings is 1. The molecule has 7 heteroatoms. The van der Waals surface area contributed by atoms with Crippen molar-refractivity contribution in [1.82, 2.24) is 19.9 Å². The summed E-state index contributed by atoms with van der Waals surface area (Å²) in [5.74, 6) is 1.13. The molecule has 0 atom stereocenters. The Kier molecular flexibility index (Phi) is 5.64. The van der Waals surface area contributed by atoms with E-state index in [-0.39, 0.29) is 5.91 Å². The van der Waals surface area contributed by atoms with Crippen LogP contribution >= 0.6 is 11.3 Å². The monoisotopic (exact) mass is 422 g/mol. The zero-order valence-corrected chi connectivity index (χ0v) is 17.8. The van der Waals surface area contributed by atoms with Gasteiger partial charge in [-0.3, -0.25) is 9.69 Å². The van der Waals surface area contributed by atoms with Gasteiger partial charge in [0.2, 0.25) is 5.82 Å². The zero-order chi connectivity index (χ0) is 20.3. The van der Waals surface area contributed by atoms with Crippen LogP contribution in [-0.2, 0) is 0 Å². The molecule has 0 unspecified atom stereocenters. The molecule has 1 saturated carbocycles. The van der Waals surface area contributed by atoms with Crippen LogP contribution in [-0.4, -0.2) is 58.1 Å². The molecule has 3 heterocycles. The Bertz CT molecular complexity index is 986. The van der Waals surface area contributed by atoms with E-state index in [0.29, 0.717) is 11.7 Å². The van der Waals surface area contributed by atoms with Gasteiger partial charge in [0.15, 0.2) is 0 Å². The van der Waals surface area contributed by atoms with E-state index in [4.69, 9.17) is 4.52 Å². The molecule has 5 rings (SSSR count). The molecular formula is C23H26N4O2S. The van der Waals surface area contributed by atoms with Crippen molar-refractivity contribution in [2.75, 3.05) is 26.2 Å². The largest absolute Gasteiger partial charge is 0.335 e. The van der Waals surface area contributed by atoms with Crippen LogP contribution in [0, 0.1) is 0 Å². The molecule has 2 fully saturated rings. The highest BCUT2D eigenvalue weighted by atomic mass is 32.1. The first-order valence-electron chi connectivity index (χ1n) is 10.8. The molecule has 2 aromatic heterocycles. The van der Waals surface area contributed by atoms with Gasteiger partial charge in [-0.15, -0.1) is 11.3 Å². The van der Waals surface area contributed by atoms with Crippen LogP contribution in [0.2, 0.25) is 0 Å². The number of rotatable bonds is 4. The van der Waals surface area contributed by atoms with Crippen LogP contribution in [0.1, 0.15) is 41.8 Å². The van der Waals surface area contributed by atoms with Crippen LogP contribution < -0.4 is 0 Å². The number of carbonyl (C=O) groups excluding carboxylic acids is 1. The molecule has 6 nitrogen and oxygen atoms in total. The summed E-state index contributed by atoms with van der Waals surface area (Å²) in [6.07, 6.45) is 6.71. The summed E-state index contributed by atoms with van der Waals surface area (Å²) < 4.78 is 5.41. The van der Waals surface area contributed by atoms with Gasteiger partial charge < -0.3 is 9.42 Å². The number of hydrogen-bond donors (Lipinski definition) is 0. The van der Waals surface area contributed by atoms with E-state index < -0.39 is 0 Å². The van der Waals surface area contributed by atoms with Gasteiger partial charge >= 0.3 is 0 Å². The average Bonchev–Trinajstić information content (AvgIpc) is 3.50. The lowest BCUT2D eigenvalue weighted by molar-refractivity contribution is 0.0527. The van der Waals surface area contributed by atoms with Crippen molar-refractivity contribution in [1.29, 1.82) is 0 Å². The van der Waals surface area contributed by atoms with Gasteiger partial charge in [0, 0.05) is 37.8 Å².